The fraction of sp³-hybridized carbons (Fsp3) is 0.625. The van der Waals surface area contributed by atoms with E-state index in [0.717, 1.165) is 19.1 Å². The minimum absolute atomic E-state index is 0.0743. The number of piperidine rings is 1. The van der Waals surface area contributed by atoms with Crippen LogP contribution in [-0.4, -0.2) is 37.6 Å². The van der Waals surface area contributed by atoms with Crippen molar-refractivity contribution in [2.24, 2.45) is 0 Å². The Morgan fingerprint density at radius 1 is 1.32 bits per heavy atom. The predicted octanol–water partition coefficient (Wildman–Crippen LogP) is 3.43. The van der Waals surface area contributed by atoms with Crippen LogP contribution in [0.2, 0.25) is 0 Å². The van der Waals surface area contributed by atoms with Crippen LogP contribution in [0.25, 0.3) is 0 Å². The van der Waals surface area contributed by atoms with Gasteiger partial charge < -0.3 is 10.2 Å². The molecule has 0 spiro atoms. The number of halogens is 1. The van der Waals surface area contributed by atoms with E-state index in [1.807, 2.05) is 18.2 Å². The Labute approximate surface area is 122 Å². The standard InChI is InChI=1S/C16H25ClN2/c1-19-12-6-5-9-15(19)10-11-18-13-16(17)14-7-3-2-4-8-14/h2-4,7-8,15-16,18H,5-6,9-13H2,1H3. The second-order valence-corrected chi connectivity index (χ2v) is 6.03. The smallest absolute Gasteiger partial charge is 0.0709 e. The first kappa shape index (κ1) is 14.8. The van der Waals surface area contributed by atoms with Gasteiger partial charge in [-0.3, -0.25) is 0 Å². The lowest BCUT2D eigenvalue weighted by Crippen LogP contribution is -2.38. The largest absolute Gasteiger partial charge is 0.315 e. The molecule has 0 amide bonds. The number of hydrogen-bond donors (Lipinski definition) is 1. The quantitative estimate of drug-likeness (QED) is 0.634. The van der Waals surface area contributed by atoms with Gasteiger partial charge in [-0.05, 0) is 45.0 Å². The van der Waals surface area contributed by atoms with Gasteiger partial charge in [0.2, 0.25) is 0 Å². The minimum Gasteiger partial charge on any atom is -0.315 e. The highest BCUT2D eigenvalue weighted by Gasteiger charge is 2.18. The zero-order chi connectivity index (χ0) is 13.5. The molecule has 1 aromatic rings. The highest BCUT2D eigenvalue weighted by Crippen LogP contribution is 2.19. The summed E-state index contributed by atoms with van der Waals surface area (Å²) in [6.45, 7) is 3.17. The van der Waals surface area contributed by atoms with Crippen molar-refractivity contribution in [3.8, 4) is 0 Å². The molecule has 19 heavy (non-hydrogen) atoms. The van der Waals surface area contributed by atoms with Gasteiger partial charge in [0.1, 0.15) is 0 Å². The maximum Gasteiger partial charge on any atom is 0.0709 e. The lowest BCUT2D eigenvalue weighted by Gasteiger charge is -2.32. The molecule has 106 valence electrons. The summed E-state index contributed by atoms with van der Waals surface area (Å²) in [5, 5.41) is 3.57. The Morgan fingerprint density at radius 2 is 2.11 bits per heavy atom. The highest BCUT2D eigenvalue weighted by atomic mass is 35.5. The molecule has 1 heterocycles. The highest BCUT2D eigenvalue weighted by molar-refractivity contribution is 6.21. The summed E-state index contributed by atoms with van der Waals surface area (Å²) in [7, 11) is 2.25. The molecule has 2 nitrogen and oxygen atoms in total. The van der Waals surface area contributed by atoms with E-state index in [9.17, 15) is 0 Å². The van der Waals surface area contributed by atoms with Crippen LogP contribution in [0, 0.1) is 0 Å². The van der Waals surface area contributed by atoms with E-state index in [0.29, 0.717) is 0 Å². The van der Waals surface area contributed by atoms with Crippen molar-refractivity contribution in [1.82, 2.24) is 10.2 Å². The van der Waals surface area contributed by atoms with Gasteiger partial charge in [-0.25, -0.2) is 0 Å². The van der Waals surface area contributed by atoms with Crippen LogP contribution in [-0.2, 0) is 0 Å². The van der Waals surface area contributed by atoms with Crippen molar-refractivity contribution in [2.75, 3.05) is 26.7 Å². The Kier molecular flexibility index (Phi) is 6.15. The summed E-state index contributed by atoms with van der Waals surface area (Å²) in [6, 6.07) is 11.1. The van der Waals surface area contributed by atoms with Gasteiger partial charge in [-0.2, -0.15) is 0 Å². The van der Waals surface area contributed by atoms with Crippen LogP contribution in [0.4, 0.5) is 0 Å². The zero-order valence-corrected chi connectivity index (χ0v) is 12.6. The van der Waals surface area contributed by atoms with Crippen molar-refractivity contribution in [3.63, 3.8) is 0 Å². The number of hydrogen-bond acceptors (Lipinski definition) is 2. The first-order chi connectivity index (χ1) is 9.27. The Balaban J connectivity index is 1.64. The van der Waals surface area contributed by atoms with Gasteiger partial charge in [0, 0.05) is 12.6 Å². The summed E-state index contributed by atoms with van der Waals surface area (Å²) in [5.74, 6) is 0. The molecule has 1 aliphatic heterocycles. The Bertz CT molecular complexity index is 355. The molecule has 1 aliphatic rings. The second-order valence-electron chi connectivity index (χ2n) is 5.50. The summed E-state index contributed by atoms with van der Waals surface area (Å²) in [4.78, 5) is 2.50. The molecule has 1 aromatic carbocycles. The summed E-state index contributed by atoms with van der Waals surface area (Å²) in [6.07, 6.45) is 5.32. The van der Waals surface area contributed by atoms with Gasteiger partial charge in [-0.1, -0.05) is 36.8 Å². The van der Waals surface area contributed by atoms with Crippen molar-refractivity contribution in [3.05, 3.63) is 35.9 Å². The van der Waals surface area contributed by atoms with Gasteiger partial charge in [0.15, 0.2) is 0 Å². The topological polar surface area (TPSA) is 15.3 Å². The van der Waals surface area contributed by atoms with Gasteiger partial charge in [0.25, 0.3) is 0 Å². The van der Waals surface area contributed by atoms with Gasteiger partial charge in [0.05, 0.1) is 5.38 Å². The van der Waals surface area contributed by atoms with Gasteiger partial charge >= 0.3 is 0 Å². The van der Waals surface area contributed by atoms with E-state index in [1.165, 1.54) is 37.8 Å². The Hall–Kier alpha value is -0.570. The molecule has 1 fully saturated rings. The van der Waals surface area contributed by atoms with E-state index in [1.54, 1.807) is 0 Å². The van der Waals surface area contributed by atoms with Crippen molar-refractivity contribution in [1.29, 1.82) is 0 Å². The number of benzene rings is 1. The Morgan fingerprint density at radius 3 is 2.84 bits per heavy atom. The first-order valence-electron chi connectivity index (χ1n) is 7.37. The molecule has 2 unspecified atom stereocenters. The predicted molar refractivity (Wildman–Crippen MR) is 82.8 cm³/mol. The van der Waals surface area contributed by atoms with Crippen molar-refractivity contribution >= 4 is 11.6 Å². The van der Waals surface area contributed by atoms with Crippen molar-refractivity contribution in [2.45, 2.75) is 37.1 Å². The molecule has 0 saturated carbocycles. The van der Waals surface area contributed by atoms with E-state index in [-0.39, 0.29) is 5.38 Å². The van der Waals surface area contributed by atoms with Crippen LogP contribution >= 0.6 is 11.6 Å². The molecule has 0 aromatic heterocycles. The van der Waals surface area contributed by atoms with E-state index >= 15 is 0 Å². The lowest BCUT2D eigenvalue weighted by atomic mass is 10.0. The zero-order valence-electron chi connectivity index (χ0n) is 11.8. The van der Waals surface area contributed by atoms with Crippen LogP contribution in [0.5, 0.6) is 0 Å². The monoisotopic (exact) mass is 280 g/mol. The van der Waals surface area contributed by atoms with E-state index in [2.05, 4.69) is 29.4 Å². The normalized spacial score (nSPS) is 22.3. The van der Waals surface area contributed by atoms with E-state index in [4.69, 9.17) is 11.6 Å². The SMILES string of the molecule is CN1CCCCC1CCNCC(Cl)c1ccccc1. The summed E-state index contributed by atoms with van der Waals surface area (Å²) < 4.78 is 0. The average molecular weight is 281 g/mol. The number of likely N-dealkylation sites (tertiary alicyclic amines) is 1. The average Bonchev–Trinajstić information content (AvgIpc) is 2.46. The lowest BCUT2D eigenvalue weighted by molar-refractivity contribution is 0.175. The molecular weight excluding hydrogens is 256 g/mol. The minimum atomic E-state index is 0.0743. The maximum absolute atomic E-state index is 6.38. The number of alkyl halides is 1. The number of rotatable bonds is 6. The second kappa shape index (κ2) is 7.88. The molecule has 2 rings (SSSR count). The molecule has 0 radical (unpaired) electrons. The van der Waals surface area contributed by atoms with Crippen LogP contribution in [0.1, 0.15) is 36.6 Å². The molecule has 1 saturated heterocycles. The van der Waals surface area contributed by atoms with Gasteiger partial charge in [-0.15, -0.1) is 11.6 Å². The van der Waals surface area contributed by atoms with Crippen molar-refractivity contribution < 1.29 is 0 Å². The maximum atomic E-state index is 6.38. The fourth-order valence-electron chi connectivity index (χ4n) is 2.79. The number of nitrogens with zero attached hydrogens (tertiary/aromatic N) is 1. The molecule has 0 bridgehead atoms. The van der Waals surface area contributed by atoms with E-state index < -0.39 is 0 Å². The van der Waals surface area contributed by atoms with Crippen LogP contribution < -0.4 is 5.32 Å². The number of nitrogens with one attached hydrogen (secondary N) is 1. The third-order valence-corrected chi connectivity index (χ3v) is 4.47. The molecule has 2 atom stereocenters. The summed E-state index contributed by atoms with van der Waals surface area (Å²) >= 11 is 6.38. The molecule has 1 N–H and O–H groups in total. The first-order valence-corrected chi connectivity index (χ1v) is 7.81. The van der Waals surface area contributed by atoms with Crippen LogP contribution in [0.3, 0.4) is 0 Å². The molecular formula is C16H25ClN2. The molecule has 0 aliphatic carbocycles. The molecule has 3 heteroatoms. The third-order valence-electron chi connectivity index (χ3n) is 4.06. The fourth-order valence-corrected chi connectivity index (χ4v) is 3.04. The summed E-state index contributed by atoms with van der Waals surface area (Å²) in [5.41, 5.74) is 1.20. The third kappa shape index (κ3) is 4.79. The van der Waals surface area contributed by atoms with Crippen LogP contribution in [0.15, 0.2) is 30.3 Å².